The van der Waals surface area contributed by atoms with Crippen LogP contribution in [0.3, 0.4) is 0 Å². The minimum Gasteiger partial charge on any atom is -0.491 e. The maximum atomic E-state index is 11.8. The first-order chi connectivity index (χ1) is 15.1. The SMILES string of the molecule is COC(=O)[C@]1(C)OC[C@H](Cc2ccc(OCC3CCCN3c3ccccn3)cc2)CO1. The number of nitrogens with zero attached hydrogens (tertiary/aromatic N) is 2. The second-order valence-corrected chi connectivity index (χ2v) is 8.26. The number of benzene rings is 1. The van der Waals surface area contributed by atoms with Crippen LogP contribution in [0.4, 0.5) is 5.82 Å². The summed E-state index contributed by atoms with van der Waals surface area (Å²) >= 11 is 0. The van der Waals surface area contributed by atoms with Crippen LogP contribution in [0.1, 0.15) is 25.3 Å². The van der Waals surface area contributed by atoms with E-state index in [9.17, 15) is 4.79 Å². The molecule has 0 radical (unpaired) electrons. The fourth-order valence-electron chi connectivity index (χ4n) is 4.15. The van der Waals surface area contributed by atoms with E-state index >= 15 is 0 Å². The zero-order valence-corrected chi connectivity index (χ0v) is 18.2. The number of hydrogen-bond donors (Lipinski definition) is 0. The summed E-state index contributed by atoms with van der Waals surface area (Å²) in [6.07, 6.45) is 4.92. The molecule has 3 heterocycles. The van der Waals surface area contributed by atoms with Crippen LogP contribution in [0.15, 0.2) is 48.7 Å². The number of hydrogen-bond acceptors (Lipinski definition) is 7. The number of pyridine rings is 1. The van der Waals surface area contributed by atoms with Crippen molar-refractivity contribution in [2.45, 2.75) is 38.0 Å². The number of ether oxygens (including phenoxy) is 4. The van der Waals surface area contributed by atoms with Gasteiger partial charge in [0.2, 0.25) is 0 Å². The Labute approximate surface area is 183 Å². The fourth-order valence-corrected chi connectivity index (χ4v) is 4.15. The number of esters is 1. The van der Waals surface area contributed by atoms with E-state index in [-0.39, 0.29) is 5.92 Å². The molecule has 2 saturated heterocycles. The Hall–Kier alpha value is -2.64. The van der Waals surface area contributed by atoms with E-state index in [0.29, 0.717) is 25.9 Å². The summed E-state index contributed by atoms with van der Waals surface area (Å²) < 4.78 is 22.1. The number of carbonyl (C=O) groups is 1. The van der Waals surface area contributed by atoms with E-state index in [2.05, 4.69) is 28.1 Å². The van der Waals surface area contributed by atoms with E-state index in [4.69, 9.17) is 18.9 Å². The summed E-state index contributed by atoms with van der Waals surface area (Å²) in [6, 6.07) is 14.5. The molecule has 7 nitrogen and oxygen atoms in total. The molecule has 2 aromatic rings. The van der Waals surface area contributed by atoms with Crippen LogP contribution in [0.2, 0.25) is 0 Å². The molecule has 0 N–H and O–H groups in total. The van der Waals surface area contributed by atoms with Gasteiger partial charge in [-0.3, -0.25) is 0 Å². The van der Waals surface area contributed by atoms with Gasteiger partial charge in [-0.15, -0.1) is 0 Å². The number of anilines is 1. The Balaban J connectivity index is 1.26. The molecular formula is C24H30N2O5. The average Bonchev–Trinajstić information content (AvgIpc) is 3.29. The normalized spacial score (nSPS) is 25.9. The lowest BCUT2D eigenvalue weighted by atomic mass is 9.99. The number of carbonyl (C=O) groups excluding carboxylic acids is 1. The molecule has 7 heteroatoms. The first-order valence-corrected chi connectivity index (χ1v) is 10.8. The van der Waals surface area contributed by atoms with Crippen molar-refractivity contribution in [3.05, 3.63) is 54.2 Å². The summed E-state index contributed by atoms with van der Waals surface area (Å²) in [7, 11) is 1.33. The molecular weight excluding hydrogens is 396 g/mol. The third-order valence-electron chi connectivity index (χ3n) is 5.96. The minimum atomic E-state index is -1.30. The van der Waals surface area contributed by atoms with Crippen molar-refractivity contribution in [2.75, 3.05) is 38.4 Å². The van der Waals surface area contributed by atoms with Crippen LogP contribution >= 0.6 is 0 Å². The van der Waals surface area contributed by atoms with Crippen molar-refractivity contribution in [3.63, 3.8) is 0 Å². The van der Waals surface area contributed by atoms with Gasteiger partial charge in [0, 0.05) is 25.6 Å². The predicted molar refractivity (Wildman–Crippen MR) is 116 cm³/mol. The highest BCUT2D eigenvalue weighted by molar-refractivity contribution is 5.77. The molecule has 1 unspecified atom stereocenters. The second-order valence-electron chi connectivity index (χ2n) is 8.26. The molecule has 1 aromatic heterocycles. The van der Waals surface area contributed by atoms with E-state index < -0.39 is 11.8 Å². The first-order valence-electron chi connectivity index (χ1n) is 10.8. The molecule has 0 aliphatic carbocycles. The lowest BCUT2D eigenvalue weighted by molar-refractivity contribution is -0.272. The molecule has 2 fully saturated rings. The quantitative estimate of drug-likeness (QED) is 0.630. The van der Waals surface area contributed by atoms with Crippen molar-refractivity contribution in [1.82, 2.24) is 4.98 Å². The average molecular weight is 427 g/mol. The van der Waals surface area contributed by atoms with Crippen molar-refractivity contribution in [2.24, 2.45) is 5.92 Å². The topological polar surface area (TPSA) is 70.1 Å². The van der Waals surface area contributed by atoms with Gasteiger partial charge in [-0.25, -0.2) is 9.78 Å². The first kappa shape index (κ1) is 21.6. The standard InChI is InChI=1S/C24H30N2O5/c1-24(23(27)28-2)30-15-19(16-31-24)14-18-8-10-21(11-9-18)29-17-20-6-5-13-26(20)22-7-3-4-12-25-22/h3-4,7-12,19-20H,5-6,13-17H2,1-2H3/t19-,20?,24+. The van der Waals surface area contributed by atoms with Crippen molar-refractivity contribution in [1.29, 1.82) is 0 Å². The number of methoxy groups -OCH3 is 1. The van der Waals surface area contributed by atoms with Crippen LogP contribution in [0, 0.1) is 5.92 Å². The van der Waals surface area contributed by atoms with E-state index in [1.165, 1.54) is 12.7 Å². The number of aromatic nitrogens is 1. The minimum absolute atomic E-state index is 0.190. The smallest absolute Gasteiger partial charge is 0.366 e. The summed E-state index contributed by atoms with van der Waals surface area (Å²) in [5.74, 6) is 0.272. The lowest BCUT2D eigenvalue weighted by Crippen LogP contribution is -2.48. The predicted octanol–water partition coefficient (Wildman–Crippen LogP) is 3.22. The number of rotatable bonds is 7. The van der Waals surface area contributed by atoms with Gasteiger partial charge < -0.3 is 23.8 Å². The van der Waals surface area contributed by atoms with Gasteiger partial charge in [0.15, 0.2) is 0 Å². The summed E-state index contributed by atoms with van der Waals surface area (Å²) in [5, 5.41) is 0. The van der Waals surface area contributed by atoms with Crippen molar-refractivity contribution >= 4 is 11.8 Å². The molecule has 2 aliphatic heterocycles. The maximum Gasteiger partial charge on any atom is 0.366 e. The van der Waals surface area contributed by atoms with Gasteiger partial charge in [-0.1, -0.05) is 18.2 Å². The Bertz CT molecular complexity index is 850. The Kier molecular flexibility index (Phi) is 6.73. The van der Waals surface area contributed by atoms with Gasteiger partial charge in [-0.05, 0) is 49.1 Å². The maximum absolute atomic E-state index is 11.8. The molecule has 4 rings (SSSR count). The molecule has 0 saturated carbocycles. The molecule has 2 aliphatic rings. The fraction of sp³-hybridized carbons (Fsp3) is 0.500. The Morgan fingerprint density at radius 1 is 1.19 bits per heavy atom. The summed E-state index contributed by atoms with van der Waals surface area (Å²) in [4.78, 5) is 18.6. The molecule has 1 aromatic carbocycles. The Morgan fingerprint density at radius 3 is 2.65 bits per heavy atom. The van der Waals surface area contributed by atoms with Crippen LogP contribution in [-0.2, 0) is 25.4 Å². The molecule has 1 atom stereocenters. The van der Waals surface area contributed by atoms with Crippen LogP contribution in [0.25, 0.3) is 0 Å². The molecule has 31 heavy (non-hydrogen) atoms. The van der Waals surface area contributed by atoms with E-state index in [1.807, 2.05) is 30.5 Å². The van der Waals surface area contributed by atoms with Crippen molar-refractivity contribution < 1.29 is 23.7 Å². The van der Waals surface area contributed by atoms with Crippen LogP contribution < -0.4 is 9.64 Å². The zero-order chi connectivity index (χ0) is 21.7. The third kappa shape index (κ3) is 5.17. The van der Waals surface area contributed by atoms with Crippen LogP contribution in [-0.4, -0.2) is 56.3 Å². The molecule has 0 bridgehead atoms. The summed E-state index contributed by atoms with van der Waals surface area (Å²) in [5.41, 5.74) is 1.18. The summed E-state index contributed by atoms with van der Waals surface area (Å²) in [6.45, 7) is 4.17. The van der Waals surface area contributed by atoms with Gasteiger partial charge in [0.1, 0.15) is 18.2 Å². The molecule has 0 spiro atoms. The lowest BCUT2D eigenvalue weighted by Gasteiger charge is -2.35. The monoisotopic (exact) mass is 426 g/mol. The molecule has 0 amide bonds. The highest BCUT2D eigenvalue weighted by Gasteiger charge is 2.41. The highest BCUT2D eigenvalue weighted by Crippen LogP contribution is 2.27. The highest BCUT2D eigenvalue weighted by atomic mass is 16.7. The largest absolute Gasteiger partial charge is 0.491 e. The second kappa shape index (κ2) is 9.66. The van der Waals surface area contributed by atoms with Gasteiger partial charge in [-0.2, -0.15) is 0 Å². The van der Waals surface area contributed by atoms with Crippen molar-refractivity contribution in [3.8, 4) is 5.75 Å². The van der Waals surface area contributed by atoms with E-state index in [1.54, 1.807) is 6.92 Å². The van der Waals surface area contributed by atoms with Gasteiger partial charge >= 0.3 is 5.97 Å². The van der Waals surface area contributed by atoms with Gasteiger partial charge in [0.25, 0.3) is 5.79 Å². The molecule has 166 valence electrons. The van der Waals surface area contributed by atoms with Gasteiger partial charge in [0.05, 0.1) is 26.4 Å². The zero-order valence-electron chi connectivity index (χ0n) is 18.2. The van der Waals surface area contributed by atoms with E-state index in [0.717, 1.165) is 37.4 Å². The Morgan fingerprint density at radius 2 is 1.97 bits per heavy atom. The van der Waals surface area contributed by atoms with Crippen LogP contribution in [0.5, 0.6) is 5.75 Å². The third-order valence-corrected chi connectivity index (χ3v) is 5.96.